The number of hydrogen-bond donors (Lipinski definition) is 2. The number of ether oxygens (including phenoxy) is 1. The van der Waals surface area contributed by atoms with Crippen molar-refractivity contribution < 1.29 is 23.9 Å². The standard InChI is InChI=1S/C25H24N4O6/c1-15-27-19-10-6-9-18(13-26-16(2)30)21(19)22(32)29(15)25(12-11-20(31)28-23(25)33)24(34)35-14-17-7-4-3-5-8-17/h3-10H,11-14H2,1-2H3,(H,26,30)(H,28,31,33)/t25-/m0/s1. The number of fused-ring (bicyclic) bond motifs is 1. The number of aromatic nitrogens is 2. The van der Waals surface area contributed by atoms with Crippen molar-refractivity contribution in [2.45, 2.75) is 45.4 Å². The van der Waals surface area contributed by atoms with E-state index < -0.39 is 28.9 Å². The number of aryl methyl sites for hydroxylation is 1. The van der Waals surface area contributed by atoms with Crippen LogP contribution in [0.5, 0.6) is 0 Å². The van der Waals surface area contributed by atoms with Crippen molar-refractivity contribution in [2.24, 2.45) is 0 Å². The molecule has 0 bridgehead atoms. The van der Waals surface area contributed by atoms with Crippen LogP contribution in [0.15, 0.2) is 53.3 Å². The Balaban J connectivity index is 1.87. The molecule has 10 heteroatoms. The molecular weight excluding hydrogens is 452 g/mol. The van der Waals surface area contributed by atoms with Gasteiger partial charge in [0.1, 0.15) is 12.4 Å². The van der Waals surface area contributed by atoms with E-state index in [1.165, 1.54) is 13.8 Å². The van der Waals surface area contributed by atoms with Gasteiger partial charge in [-0.2, -0.15) is 0 Å². The van der Waals surface area contributed by atoms with Gasteiger partial charge in [0, 0.05) is 19.9 Å². The Morgan fingerprint density at radius 3 is 2.54 bits per heavy atom. The van der Waals surface area contributed by atoms with Gasteiger partial charge in [-0.15, -0.1) is 0 Å². The number of nitrogens with zero attached hydrogens (tertiary/aromatic N) is 2. The highest BCUT2D eigenvalue weighted by Gasteiger charge is 2.54. The van der Waals surface area contributed by atoms with Gasteiger partial charge in [-0.25, -0.2) is 9.78 Å². The molecule has 0 unspecified atom stereocenters. The van der Waals surface area contributed by atoms with Crippen LogP contribution in [0.4, 0.5) is 0 Å². The Bertz CT molecular complexity index is 1400. The largest absolute Gasteiger partial charge is 0.459 e. The zero-order valence-electron chi connectivity index (χ0n) is 19.3. The van der Waals surface area contributed by atoms with E-state index >= 15 is 0 Å². The summed E-state index contributed by atoms with van der Waals surface area (Å²) in [5.41, 5.74) is -1.24. The van der Waals surface area contributed by atoms with Gasteiger partial charge >= 0.3 is 5.97 Å². The van der Waals surface area contributed by atoms with E-state index in [0.717, 1.165) is 4.57 Å². The number of amides is 3. The molecule has 10 nitrogen and oxygen atoms in total. The third-order valence-electron chi connectivity index (χ3n) is 5.95. The van der Waals surface area contributed by atoms with Crippen LogP contribution >= 0.6 is 0 Å². The average Bonchev–Trinajstić information content (AvgIpc) is 2.83. The van der Waals surface area contributed by atoms with E-state index in [4.69, 9.17) is 4.74 Å². The smallest absolute Gasteiger partial charge is 0.342 e. The molecule has 3 amide bonds. The van der Waals surface area contributed by atoms with Crippen molar-refractivity contribution in [1.82, 2.24) is 20.2 Å². The number of carbonyl (C=O) groups is 4. The molecule has 0 spiro atoms. The Labute approximate surface area is 200 Å². The summed E-state index contributed by atoms with van der Waals surface area (Å²) in [6, 6.07) is 13.9. The molecular formula is C25H24N4O6. The number of rotatable bonds is 6. The molecule has 1 aliphatic heterocycles. The lowest BCUT2D eigenvalue weighted by Crippen LogP contribution is -2.62. The molecule has 2 N–H and O–H groups in total. The fourth-order valence-electron chi connectivity index (χ4n) is 4.27. The molecule has 1 atom stereocenters. The van der Waals surface area contributed by atoms with Crippen molar-refractivity contribution in [3.05, 3.63) is 75.8 Å². The first-order valence-electron chi connectivity index (χ1n) is 11.1. The lowest BCUT2D eigenvalue weighted by Gasteiger charge is -2.35. The SMILES string of the molecule is CC(=O)NCc1cccc2nc(C)n([C@@]3(C(=O)OCc4ccccc4)CCC(=O)NC3=O)c(=O)c12. The summed E-state index contributed by atoms with van der Waals surface area (Å²) >= 11 is 0. The first kappa shape index (κ1) is 23.8. The molecule has 0 saturated carbocycles. The maximum atomic E-state index is 13.9. The Morgan fingerprint density at radius 1 is 1.11 bits per heavy atom. The normalized spacial score (nSPS) is 17.7. The minimum absolute atomic E-state index is 0.0583. The minimum Gasteiger partial charge on any atom is -0.459 e. The monoisotopic (exact) mass is 476 g/mol. The minimum atomic E-state index is -2.12. The summed E-state index contributed by atoms with van der Waals surface area (Å²) in [5, 5.41) is 4.99. The molecule has 3 aromatic rings. The highest BCUT2D eigenvalue weighted by molar-refractivity contribution is 6.13. The van der Waals surface area contributed by atoms with Crippen molar-refractivity contribution in [1.29, 1.82) is 0 Å². The highest BCUT2D eigenvalue weighted by atomic mass is 16.5. The number of nitrogens with one attached hydrogen (secondary N) is 2. The molecule has 2 heterocycles. The second-order valence-corrected chi connectivity index (χ2v) is 8.32. The molecule has 2 aromatic carbocycles. The summed E-state index contributed by atoms with van der Waals surface area (Å²) in [7, 11) is 0. The molecule has 1 aliphatic rings. The third kappa shape index (κ3) is 4.42. The Hall–Kier alpha value is -4.34. The van der Waals surface area contributed by atoms with Gasteiger partial charge in [0.15, 0.2) is 0 Å². The van der Waals surface area contributed by atoms with Crippen LogP contribution in [0.2, 0.25) is 0 Å². The van der Waals surface area contributed by atoms with E-state index in [1.54, 1.807) is 42.5 Å². The molecule has 35 heavy (non-hydrogen) atoms. The van der Waals surface area contributed by atoms with E-state index in [1.807, 2.05) is 6.07 Å². The number of benzene rings is 2. The van der Waals surface area contributed by atoms with Gasteiger partial charge in [-0.1, -0.05) is 42.5 Å². The average molecular weight is 476 g/mol. The summed E-state index contributed by atoms with van der Waals surface area (Å²) in [6.45, 7) is 2.80. The summed E-state index contributed by atoms with van der Waals surface area (Å²) in [6.07, 6.45) is -0.420. The van der Waals surface area contributed by atoms with E-state index in [2.05, 4.69) is 15.6 Å². The van der Waals surface area contributed by atoms with E-state index in [-0.39, 0.29) is 43.1 Å². The van der Waals surface area contributed by atoms with Crippen molar-refractivity contribution in [3.8, 4) is 0 Å². The Morgan fingerprint density at radius 2 is 1.86 bits per heavy atom. The molecule has 1 fully saturated rings. The van der Waals surface area contributed by atoms with E-state index in [0.29, 0.717) is 16.6 Å². The van der Waals surface area contributed by atoms with Crippen LogP contribution in [-0.2, 0) is 42.6 Å². The first-order chi connectivity index (χ1) is 16.7. The maximum Gasteiger partial charge on any atom is 0.342 e. The van der Waals surface area contributed by atoms with E-state index in [9.17, 15) is 24.0 Å². The topological polar surface area (TPSA) is 136 Å². The molecule has 4 rings (SSSR count). The highest BCUT2D eigenvalue weighted by Crippen LogP contribution is 2.30. The lowest BCUT2D eigenvalue weighted by molar-refractivity contribution is -0.164. The van der Waals surface area contributed by atoms with Crippen LogP contribution in [0.3, 0.4) is 0 Å². The van der Waals surface area contributed by atoms with Crippen LogP contribution in [0, 0.1) is 6.92 Å². The second kappa shape index (κ2) is 9.49. The molecule has 180 valence electrons. The third-order valence-corrected chi connectivity index (χ3v) is 5.95. The number of piperidine rings is 1. The fraction of sp³-hybridized carbons (Fsp3) is 0.280. The summed E-state index contributed by atoms with van der Waals surface area (Å²) in [5.74, 6) is -2.63. The zero-order chi connectivity index (χ0) is 25.2. The van der Waals surface area contributed by atoms with Gasteiger partial charge in [0.2, 0.25) is 17.4 Å². The van der Waals surface area contributed by atoms with Crippen LogP contribution in [-0.4, -0.2) is 33.2 Å². The molecule has 1 saturated heterocycles. The second-order valence-electron chi connectivity index (χ2n) is 8.32. The van der Waals surface area contributed by atoms with Gasteiger partial charge in [0.25, 0.3) is 11.5 Å². The molecule has 0 aliphatic carbocycles. The van der Waals surface area contributed by atoms with Crippen molar-refractivity contribution in [2.75, 3.05) is 0 Å². The van der Waals surface area contributed by atoms with Crippen LogP contribution in [0.25, 0.3) is 10.9 Å². The number of esters is 1. The number of carbonyl (C=O) groups excluding carboxylic acids is 4. The zero-order valence-corrected chi connectivity index (χ0v) is 19.3. The predicted molar refractivity (Wildman–Crippen MR) is 125 cm³/mol. The van der Waals surface area contributed by atoms with Crippen molar-refractivity contribution >= 4 is 34.6 Å². The van der Waals surface area contributed by atoms with Crippen LogP contribution in [0.1, 0.15) is 36.7 Å². The van der Waals surface area contributed by atoms with Crippen LogP contribution < -0.4 is 16.2 Å². The quantitative estimate of drug-likeness (QED) is 0.310. The van der Waals surface area contributed by atoms with Gasteiger partial charge in [-0.05, 0) is 30.5 Å². The van der Waals surface area contributed by atoms with Gasteiger partial charge < -0.3 is 10.1 Å². The number of imide groups is 1. The maximum absolute atomic E-state index is 13.9. The van der Waals surface area contributed by atoms with Gasteiger partial charge in [0.05, 0.1) is 10.9 Å². The molecule has 1 aromatic heterocycles. The van der Waals surface area contributed by atoms with Gasteiger partial charge in [-0.3, -0.25) is 29.1 Å². The fourth-order valence-corrected chi connectivity index (χ4v) is 4.27. The molecule has 0 radical (unpaired) electrons. The summed E-state index contributed by atoms with van der Waals surface area (Å²) < 4.78 is 6.52. The first-order valence-corrected chi connectivity index (χ1v) is 11.1. The number of hydrogen-bond acceptors (Lipinski definition) is 7. The predicted octanol–water partition coefficient (Wildman–Crippen LogP) is 1.22. The summed E-state index contributed by atoms with van der Waals surface area (Å²) in [4.78, 5) is 68.5. The Kier molecular flexibility index (Phi) is 6.46. The van der Waals surface area contributed by atoms with Crippen molar-refractivity contribution in [3.63, 3.8) is 0 Å². The lowest BCUT2D eigenvalue weighted by atomic mass is 9.87.